The lowest BCUT2D eigenvalue weighted by Gasteiger charge is -2.23. The molecule has 0 radical (unpaired) electrons. The number of hydrogen-bond acceptors (Lipinski definition) is 1. The van der Waals surface area contributed by atoms with Crippen molar-refractivity contribution < 1.29 is 36.2 Å². The molecule has 1 aliphatic rings. The molecule has 2 atom stereocenters. The number of carboxylic acids is 1. The van der Waals surface area contributed by atoms with Gasteiger partial charge in [0.2, 0.25) is 0 Å². The van der Waals surface area contributed by atoms with Crippen molar-refractivity contribution in [3.05, 3.63) is 9.47 Å². The summed E-state index contributed by atoms with van der Waals surface area (Å²) in [6.07, 6.45) is -10.8. The highest BCUT2D eigenvalue weighted by atomic mass is 79.9. The Morgan fingerprint density at radius 3 is 1.67 bits per heavy atom. The van der Waals surface area contributed by atoms with E-state index in [2.05, 4.69) is 31.9 Å². The van der Waals surface area contributed by atoms with Gasteiger partial charge in [-0.1, -0.05) is 6.08 Å². The van der Waals surface area contributed by atoms with E-state index in [1.165, 1.54) is 0 Å². The highest BCUT2D eigenvalue weighted by Gasteiger charge is 2.91. The Kier molecular flexibility index (Phi) is 3.86. The number of alkyl halides is 6. The van der Waals surface area contributed by atoms with E-state index in [-0.39, 0.29) is 3.39 Å². The number of carbonyl (C=O) groups is 1. The first-order chi connectivity index (χ1) is 7.87. The summed E-state index contributed by atoms with van der Waals surface area (Å²) in [5.41, 5.74) is -4.22. The number of aliphatic carboxylic acids is 1. The van der Waals surface area contributed by atoms with E-state index in [4.69, 9.17) is 5.11 Å². The maximum atomic E-state index is 12.7. The molecule has 1 rings (SSSR count). The first-order valence-corrected chi connectivity index (χ1v) is 5.85. The molecule has 0 heterocycles. The van der Waals surface area contributed by atoms with Gasteiger partial charge >= 0.3 is 18.3 Å². The minimum atomic E-state index is -5.69. The highest BCUT2D eigenvalue weighted by molar-refractivity contribution is 9.28. The number of rotatable bonds is 2. The average molecular weight is 406 g/mol. The van der Waals surface area contributed by atoms with Gasteiger partial charge in [0, 0.05) is 5.92 Å². The topological polar surface area (TPSA) is 37.3 Å². The molecular formula is C8H4Br2F6O2. The van der Waals surface area contributed by atoms with Crippen LogP contribution in [0.5, 0.6) is 0 Å². The Morgan fingerprint density at radius 1 is 1.11 bits per heavy atom. The lowest BCUT2D eigenvalue weighted by molar-refractivity contribution is -0.308. The SMILES string of the molecule is O=C(O)C1C(C=C(Br)Br)C1(C(F)(F)F)C(F)(F)F. The van der Waals surface area contributed by atoms with Crippen molar-refractivity contribution in [2.75, 3.05) is 0 Å². The lowest BCUT2D eigenvalue weighted by atomic mass is 10.0. The fraction of sp³-hybridized carbons (Fsp3) is 0.625. The van der Waals surface area contributed by atoms with Crippen LogP contribution in [0.1, 0.15) is 0 Å². The molecule has 1 saturated carbocycles. The molecule has 0 aromatic heterocycles. The van der Waals surface area contributed by atoms with E-state index in [9.17, 15) is 31.1 Å². The van der Waals surface area contributed by atoms with Crippen molar-refractivity contribution >= 4 is 37.8 Å². The number of allylic oxidation sites excluding steroid dienone is 1. The van der Waals surface area contributed by atoms with Crippen LogP contribution in [-0.4, -0.2) is 23.4 Å². The van der Waals surface area contributed by atoms with E-state index in [1.807, 2.05) is 0 Å². The largest absolute Gasteiger partial charge is 0.481 e. The summed E-state index contributed by atoms with van der Waals surface area (Å²) in [7, 11) is 0. The van der Waals surface area contributed by atoms with Crippen molar-refractivity contribution in [3.63, 3.8) is 0 Å². The van der Waals surface area contributed by atoms with Crippen LogP contribution in [0.4, 0.5) is 26.3 Å². The van der Waals surface area contributed by atoms with Crippen LogP contribution in [0.2, 0.25) is 0 Å². The predicted molar refractivity (Wildman–Crippen MR) is 55.1 cm³/mol. The summed E-state index contributed by atoms with van der Waals surface area (Å²) >= 11 is 5.25. The zero-order chi connectivity index (χ0) is 14.5. The summed E-state index contributed by atoms with van der Waals surface area (Å²) in [6, 6.07) is 0. The van der Waals surface area contributed by atoms with Crippen LogP contribution >= 0.6 is 31.9 Å². The van der Waals surface area contributed by atoms with E-state index in [0.717, 1.165) is 0 Å². The third kappa shape index (κ3) is 2.17. The Morgan fingerprint density at radius 2 is 1.50 bits per heavy atom. The molecule has 104 valence electrons. The van der Waals surface area contributed by atoms with Crippen LogP contribution < -0.4 is 0 Å². The van der Waals surface area contributed by atoms with E-state index in [1.54, 1.807) is 0 Å². The molecule has 0 aromatic rings. The van der Waals surface area contributed by atoms with Gasteiger partial charge in [-0.05, 0) is 31.9 Å². The molecule has 0 spiro atoms. The molecule has 0 bridgehead atoms. The van der Waals surface area contributed by atoms with Gasteiger partial charge in [-0.25, -0.2) is 0 Å². The smallest absolute Gasteiger partial charge is 0.404 e. The Balaban J connectivity index is 3.37. The highest BCUT2D eigenvalue weighted by Crippen LogP contribution is 2.74. The summed E-state index contributed by atoms with van der Waals surface area (Å²) in [5, 5.41) is 8.54. The van der Waals surface area contributed by atoms with Gasteiger partial charge in [0.15, 0.2) is 5.41 Å². The van der Waals surface area contributed by atoms with Crippen molar-refractivity contribution in [1.29, 1.82) is 0 Å². The van der Waals surface area contributed by atoms with E-state index >= 15 is 0 Å². The normalized spacial score (nSPS) is 26.7. The predicted octanol–water partition coefficient (Wildman–Crippen LogP) is 4.06. The summed E-state index contributed by atoms with van der Waals surface area (Å²) < 4.78 is 75.8. The summed E-state index contributed by atoms with van der Waals surface area (Å²) in [5.74, 6) is -6.89. The average Bonchev–Trinajstić information content (AvgIpc) is 2.70. The van der Waals surface area contributed by atoms with Crippen LogP contribution in [0.3, 0.4) is 0 Å². The van der Waals surface area contributed by atoms with Crippen molar-refractivity contribution in [2.24, 2.45) is 17.3 Å². The zero-order valence-electron chi connectivity index (χ0n) is 8.11. The van der Waals surface area contributed by atoms with Gasteiger partial charge in [0.1, 0.15) is 0 Å². The Bertz CT molecular complexity index is 381. The van der Waals surface area contributed by atoms with Crippen LogP contribution in [0.15, 0.2) is 9.47 Å². The molecule has 10 heteroatoms. The summed E-state index contributed by atoms with van der Waals surface area (Å²) in [6.45, 7) is 0. The second-order valence-corrected chi connectivity index (χ2v) is 6.44. The Hall–Kier alpha value is -0.250. The molecule has 0 amide bonds. The molecule has 0 aliphatic heterocycles. The lowest BCUT2D eigenvalue weighted by Crippen LogP contribution is -2.42. The van der Waals surface area contributed by atoms with Gasteiger partial charge in [-0.2, -0.15) is 26.3 Å². The molecule has 1 N–H and O–H groups in total. The van der Waals surface area contributed by atoms with Gasteiger partial charge < -0.3 is 5.11 Å². The van der Waals surface area contributed by atoms with E-state index < -0.39 is 35.6 Å². The molecule has 2 nitrogen and oxygen atoms in total. The maximum absolute atomic E-state index is 12.7. The second kappa shape index (κ2) is 4.39. The molecule has 2 unspecified atom stereocenters. The minimum absolute atomic E-state index is 0.165. The molecule has 0 aromatic carbocycles. The number of hydrogen-bond donors (Lipinski definition) is 1. The fourth-order valence-electron chi connectivity index (χ4n) is 2.02. The molecular weight excluding hydrogens is 402 g/mol. The zero-order valence-corrected chi connectivity index (χ0v) is 11.3. The standard InChI is InChI=1S/C8H4Br2F6O2/c9-3(10)1-2-4(5(17)18)6(2,7(11,12)13)8(14,15)16/h1-2,4H,(H,17,18). The van der Waals surface area contributed by atoms with Crippen molar-refractivity contribution in [3.8, 4) is 0 Å². The third-order valence-electron chi connectivity index (χ3n) is 2.78. The molecule has 18 heavy (non-hydrogen) atoms. The second-order valence-electron chi connectivity index (χ2n) is 3.66. The maximum Gasteiger partial charge on any atom is 0.404 e. The van der Waals surface area contributed by atoms with E-state index in [0.29, 0.717) is 6.08 Å². The molecule has 1 aliphatic carbocycles. The third-order valence-corrected chi connectivity index (χ3v) is 3.30. The van der Waals surface area contributed by atoms with Gasteiger partial charge in [-0.3, -0.25) is 4.79 Å². The van der Waals surface area contributed by atoms with Crippen molar-refractivity contribution in [2.45, 2.75) is 12.4 Å². The van der Waals surface area contributed by atoms with Crippen LogP contribution in [0.25, 0.3) is 0 Å². The van der Waals surface area contributed by atoms with Crippen molar-refractivity contribution in [1.82, 2.24) is 0 Å². The summed E-state index contributed by atoms with van der Waals surface area (Å²) in [4.78, 5) is 10.6. The molecule has 1 fully saturated rings. The van der Waals surface area contributed by atoms with Gasteiger partial charge in [-0.15, -0.1) is 0 Å². The van der Waals surface area contributed by atoms with Gasteiger partial charge in [0.05, 0.1) is 9.31 Å². The van der Waals surface area contributed by atoms with Crippen LogP contribution in [0, 0.1) is 17.3 Å². The first-order valence-electron chi connectivity index (χ1n) is 4.26. The number of carboxylic acid groups (broad SMARTS) is 1. The minimum Gasteiger partial charge on any atom is -0.481 e. The molecule has 0 saturated heterocycles. The number of halogens is 8. The van der Waals surface area contributed by atoms with Crippen LogP contribution in [-0.2, 0) is 4.79 Å². The first kappa shape index (κ1) is 15.8. The fourth-order valence-corrected chi connectivity index (χ4v) is 2.59. The monoisotopic (exact) mass is 404 g/mol. The Labute approximate surface area is 113 Å². The quantitative estimate of drug-likeness (QED) is 0.703. The van der Waals surface area contributed by atoms with Gasteiger partial charge in [0.25, 0.3) is 0 Å².